The highest BCUT2D eigenvalue weighted by molar-refractivity contribution is 6.33. The average molecular weight is 602 g/mol. The van der Waals surface area contributed by atoms with Crippen LogP contribution in [0.1, 0.15) is 83.4 Å². The molecule has 3 heterocycles. The maximum absolute atomic E-state index is 14.1. The quantitative estimate of drug-likeness (QED) is 0.272. The number of fused-ring (bicyclic) bond motifs is 3. The molecule has 1 unspecified atom stereocenters. The van der Waals surface area contributed by atoms with Crippen molar-refractivity contribution in [3.63, 3.8) is 0 Å². The smallest absolute Gasteiger partial charge is 0.350 e. The zero-order valence-corrected chi connectivity index (χ0v) is 25.2. The molecular weight excluding hydrogens is 570 g/mol. The van der Waals surface area contributed by atoms with Crippen molar-refractivity contribution < 1.29 is 23.9 Å². The van der Waals surface area contributed by atoms with E-state index in [4.69, 9.17) is 32.7 Å². The number of esters is 1. The Labute approximate surface area is 254 Å². The largest absolute Gasteiger partial charge is 0.476 e. The van der Waals surface area contributed by atoms with E-state index >= 15 is 0 Å². The number of carbonyl (C=O) groups excluding carboxylic acids is 3. The Kier molecular flexibility index (Phi) is 7.17. The van der Waals surface area contributed by atoms with Gasteiger partial charge in [-0.2, -0.15) is 5.10 Å². The molecule has 222 valence electrons. The molecule has 0 saturated heterocycles. The molecule has 1 fully saturated rings. The molecule has 1 aliphatic carbocycles. The first kappa shape index (κ1) is 28.7. The van der Waals surface area contributed by atoms with Crippen LogP contribution in [0, 0.1) is 6.57 Å². The summed E-state index contributed by atoms with van der Waals surface area (Å²) in [7, 11) is 1.36. The van der Waals surface area contributed by atoms with Crippen molar-refractivity contribution in [2.75, 3.05) is 13.7 Å². The molecule has 0 spiro atoms. The summed E-state index contributed by atoms with van der Waals surface area (Å²) in [6.07, 6.45) is 1.77. The number of halogens is 1. The van der Waals surface area contributed by atoms with E-state index in [-0.39, 0.29) is 48.1 Å². The zero-order chi connectivity index (χ0) is 30.6. The summed E-state index contributed by atoms with van der Waals surface area (Å²) in [6.45, 7) is 14.1. The van der Waals surface area contributed by atoms with Crippen molar-refractivity contribution in [2.24, 2.45) is 0 Å². The van der Waals surface area contributed by atoms with Gasteiger partial charge in [-0.1, -0.05) is 35.9 Å². The third kappa shape index (κ3) is 4.91. The molecule has 2 aliphatic heterocycles. The van der Waals surface area contributed by atoms with Crippen molar-refractivity contribution in [1.29, 1.82) is 0 Å². The van der Waals surface area contributed by atoms with Gasteiger partial charge in [0.2, 0.25) is 11.3 Å². The second-order valence-corrected chi connectivity index (χ2v) is 12.0. The van der Waals surface area contributed by atoms with Crippen LogP contribution in [0.5, 0.6) is 5.75 Å². The lowest BCUT2D eigenvalue weighted by Crippen LogP contribution is -2.45. The van der Waals surface area contributed by atoms with E-state index in [0.717, 1.165) is 16.8 Å². The van der Waals surface area contributed by atoms with E-state index in [1.807, 2.05) is 54.6 Å². The van der Waals surface area contributed by atoms with Crippen LogP contribution in [0.15, 0.2) is 42.5 Å². The van der Waals surface area contributed by atoms with Crippen molar-refractivity contribution in [2.45, 2.75) is 70.3 Å². The van der Waals surface area contributed by atoms with E-state index < -0.39 is 5.60 Å². The summed E-state index contributed by atoms with van der Waals surface area (Å²) in [6, 6.07) is 11.7. The lowest BCUT2D eigenvalue weighted by molar-refractivity contribution is -0.151. The van der Waals surface area contributed by atoms with Gasteiger partial charge in [-0.3, -0.25) is 14.3 Å². The molecule has 1 saturated carbocycles. The monoisotopic (exact) mass is 601 g/mol. The van der Waals surface area contributed by atoms with Crippen LogP contribution in [-0.2, 0) is 22.5 Å². The van der Waals surface area contributed by atoms with Gasteiger partial charge in [0, 0.05) is 48.0 Å². The number of hydrogen-bond acceptors (Lipinski definition) is 6. The molecular formula is C32H32ClN5O5. The van der Waals surface area contributed by atoms with Crippen molar-refractivity contribution >= 4 is 35.1 Å². The third-order valence-electron chi connectivity index (χ3n) is 8.76. The number of ether oxygens (including phenoxy) is 2. The van der Waals surface area contributed by atoms with Crippen LogP contribution in [0.2, 0.25) is 5.02 Å². The van der Waals surface area contributed by atoms with E-state index in [1.165, 1.54) is 13.2 Å². The van der Waals surface area contributed by atoms with Gasteiger partial charge in [0.25, 0.3) is 11.8 Å². The number of hydrogen-bond donors (Lipinski definition) is 0. The number of methoxy groups -OCH3 is 1. The lowest BCUT2D eigenvalue weighted by atomic mass is 9.96. The highest BCUT2D eigenvalue weighted by Crippen LogP contribution is 2.42. The Bertz CT molecular complexity index is 1670. The maximum atomic E-state index is 14.1. The van der Waals surface area contributed by atoms with Gasteiger partial charge in [0.15, 0.2) is 0 Å². The van der Waals surface area contributed by atoms with Gasteiger partial charge in [-0.05, 0) is 44.5 Å². The number of aromatic nitrogens is 2. The first-order valence-corrected chi connectivity index (χ1v) is 14.7. The fourth-order valence-electron chi connectivity index (χ4n) is 6.06. The van der Waals surface area contributed by atoms with Crippen molar-refractivity contribution in [1.82, 2.24) is 19.6 Å². The highest BCUT2D eigenvalue weighted by Gasteiger charge is 2.54. The number of carbonyl (C=O) groups is 3. The minimum atomic E-state index is -0.892. The van der Waals surface area contributed by atoms with Gasteiger partial charge in [-0.25, -0.2) is 9.64 Å². The number of benzene rings is 2. The van der Waals surface area contributed by atoms with Gasteiger partial charge in [0.1, 0.15) is 11.4 Å². The van der Waals surface area contributed by atoms with Gasteiger partial charge < -0.3 is 19.3 Å². The fourth-order valence-corrected chi connectivity index (χ4v) is 6.22. The Morgan fingerprint density at radius 3 is 2.51 bits per heavy atom. The zero-order valence-electron chi connectivity index (χ0n) is 24.5. The first-order valence-electron chi connectivity index (χ1n) is 14.3. The first-order chi connectivity index (χ1) is 20.6. The summed E-state index contributed by atoms with van der Waals surface area (Å²) in [4.78, 5) is 46.7. The second kappa shape index (κ2) is 10.7. The number of nitrogens with zero attached hydrogens (tertiary/aromatic N) is 5. The van der Waals surface area contributed by atoms with E-state index in [9.17, 15) is 14.4 Å². The molecule has 3 atom stereocenters. The average Bonchev–Trinajstić information content (AvgIpc) is 3.69. The summed E-state index contributed by atoms with van der Waals surface area (Å²) in [5.74, 6) is -0.143. The Morgan fingerprint density at radius 1 is 1.14 bits per heavy atom. The predicted octanol–water partition coefficient (Wildman–Crippen LogP) is 5.54. The third-order valence-corrected chi connectivity index (χ3v) is 9.08. The molecule has 10 nitrogen and oxygen atoms in total. The molecule has 6 rings (SSSR count). The van der Waals surface area contributed by atoms with E-state index in [0.29, 0.717) is 47.8 Å². The fraction of sp³-hybridized carbons (Fsp3) is 0.406. The summed E-state index contributed by atoms with van der Waals surface area (Å²) >= 11 is 6.10. The molecule has 43 heavy (non-hydrogen) atoms. The molecule has 2 amide bonds. The minimum Gasteiger partial charge on any atom is -0.476 e. The normalized spacial score (nSPS) is 20.9. The highest BCUT2D eigenvalue weighted by atomic mass is 35.5. The van der Waals surface area contributed by atoms with Crippen LogP contribution >= 0.6 is 11.6 Å². The van der Waals surface area contributed by atoms with Crippen molar-refractivity contribution in [3.05, 3.63) is 87.0 Å². The molecule has 0 bridgehead atoms. The summed E-state index contributed by atoms with van der Waals surface area (Å²) in [5, 5.41) is 5.14. The van der Waals surface area contributed by atoms with Gasteiger partial charge in [0.05, 0.1) is 38.0 Å². The maximum Gasteiger partial charge on any atom is 0.350 e. The van der Waals surface area contributed by atoms with Crippen LogP contribution in [-0.4, -0.2) is 62.7 Å². The van der Waals surface area contributed by atoms with Crippen molar-refractivity contribution in [3.8, 4) is 5.75 Å². The molecule has 3 aromatic rings. The SMILES string of the molecule is [C-]#[N+]c1cc(C(=O)N2Cc3c(nn4c3C(=O)N(C(C)c3ccc(OC5(C(=O)OC)CC5)cc3)C[C@H]4C)C[C@H]2C)ccc1Cl. The van der Waals surface area contributed by atoms with Crippen LogP contribution in [0.4, 0.5) is 5.69 Å². The number of rotatable bonds is 6. The predicted molar refractivity (Wildman–Crippen MR) is 158 cm³/mol. The van der Waals surface area contributed by atoms with Gasteiger partial charge in [-0.15, -0.1) is 0 Å². The molecule has 0 N–H and O–H groups in total. The number of amides is 2. The Morgan fingerprint density at radius 2 is 1.86 bits per heavy atom. The van der Waals surface area contributed by atoms with E-state index in [2.05, 4.69) is 4.85 Å². The van der Waals surface area contributed by atoms with Crippen LogP contribution < -0.4 is 4.74 Å². The van der Waals surface area contributed by atoms with E-state index in [1.54, 1.807) is 17.0 Å². The Hall–Kier alpha value is -4.36. The molecule has 0 radical (unpaired) electrons. The topological polar surface area (TPSA) is 98.3 Å². The molecule has 1 aromatic heterocycles. The molecule has 3 aliphatic rings. The summed E-state index contributed by atoms with van der Waals surface area (Å²) < 4.78 is 12.6. The summed E-state index contributed by atoms with van der Waals surface area (Å²) in [5.41, 5.74) is 2.76. The molecule has 11 heteroatoms. The lowest BCUT2D eigenvalue weighted by Gasteiger charge is -2.37. The Balaban J connectivity index is 1.24. The van der Waals surface area contributed by atoms with Gasteiger partial charge >= 0.3 is 5.97 Å². The minimum absolute atomic E-state index is 0.0601. The van der Waals surface area contributed by atoms with Crippen LogP contribution in [0.25, 0.3) is 4.85 Å². The molecule has 2 aromatic carbocycles. The standard InChI is InChI=1S/C32H32ClN5O5/c1-18-14-26-24(17-36(18)29(39)22-8-11-25(33)27(15-22)34-4)28-30(40)37(16-19(2)38(28)35-26)20(3)21-6-9-23(10-7-21)43-32(12-13-32)31(41)42-5/h6-11,15,18-20H,12-14,16-17H2,1-3,5H3/t18-,19-,20?/m1/s1. The second-order valence-electron chi connectivity index (χ2n) is 11.6. The van der Waals surface area contributed by atoms with Crippen LogP contribution in [0.3, 0.4) is 0 Å².